The lowest BCUT2D eigenvalue weighted by molar-refractivity contribution is -0.308. The summed E-state index contributed by atoms with van der Waals surface area (Å²) in [7, 11) is -4.78. The molecule has 0 heterocycles. The quantitative estimate of drug-likeness (QED) is 0.234. The van der Waals surface area contributed by atoms with E-state index in [0.717, 1.165) is 0 Å². The zero-order chi connectivity index (χ0) is 9.07. The van der Waals surface area contributed by atoms with Crippen molar-refractivity contribution in [1.29, 1.82) is 0 Å². The molecule has 0 saturated carbocycles. The molecule has 0 radical (unpaired) electrons. The van der Waals surface area contributed by atoms with Crippen LogP contribution in [0, 0.1) is 0 Å². The van der Waals surface area contributed by atoms with Gasteiger partial charge in [0.05, 0.1) is 0 Å². The maximum absolute atomic E-state index is 10.0. The van der Waals surface area contributed by atoms with Crippen LogP contribution in [0.5, 0.6) is 0 Å². The van der Waals surface area contributed by atoms with Crippen molar-refractivity contribution in [3.05, 3.63) is 12.7 Å². The Bertz CT molecular complexity index is 247. The highest BCUT2D eigenvalue weighted by molar-refractivity contribution is 7.44. The van der Waals surface area contributed by atoms with E-state index in [1.54, 1.807) is 0 Å². The van der Waals surface area contributed by atoms with Crippen LogP contribution in [0.25, 0.3) is 0 Å². The third-order valence-electron chi connectivity index (χ3n) is 0.613. The Morgan fingerprint density at radius 2 is 2.00 bits per heavy atom. The summed E-state index contributed by atoms with van der Waals surface area (Å²) in [6.07, 6.45) is 0.696. The first-order valence-electron chi connectivity index (χ1n) is 2.34. The smallest absolute Gasteiger partial charge is 0.471 e. The first-order chi connectivity index (χ1) is 4.87. The third-order valence-corrected chi connectivity index (χ3v) is 1.05. The van der Waals surface area contributed by atoms with Gasteiger partial charge in [-0.3, -0.25) is 0 Å². The van der Waals surface area contributed by atoms with Gasteiger partial charge in [0.15, 0.2) is 0 Å². The number of carbonyl (C=O) groups excluding carboxylic acids is 1. The Morgan fingerprint density at radius 3 is 2.09 bits per heavy atom. The molecule has 0 unspecified atom stereocenters. The van der Waals surface area contributed by atoms with Gasteiger partial charge in [-0.05, 0) is 0 Å². The van der Waals surface area contributed by atoms with Crippen LogP contribution < -0.4 is 0 Å². The topological polar surface area (TPSA) is 106 Å². The normalized spacial score (nSPS) is 12.7. The summed E-state index contributed by atoms with van der Waals surface area (Å²) in [6.45, 7) is 2.98. The van der Waals surface area contributed by atoms with E-state index in [1.807, 2.05) is 0 Å². The second-order valence-corrected chi connectivity index (χ2v) is 2.62. The van der Waals surface area contributed by atoms with Crippen LogP contribution in [-0.2, 0) is 13.6 Å². The van der Waals surface area contributed by atoms with Gasteiger partial charge in [0.2, 0.25) is 0 Å². The number of ketones is 1. The van der Waals surface area contributed by atoms with E-state index in [-0.39, 0.29) is 0 Å². The number of hydrogen-bond donors (Lipinski definition) is 3. The summed E-state index contributed by atoms with van der Waals surface area (Å²) < 4.78 is 13.8. The molecule has 0 aliphatic rings. The van der Waals surface area contributed by atoms with Crippen LogP contribution in [-0.4, -0.2) is 26.6 Å². The van der Waals surface area contributed by atoms with Crippen molar-refractivity contribution in [2.24, 2.45) is 0 Å². The summed E-state index contributed by atoms with van der Waals surface area (Å²) in [5.41, 5.74) is 0. The minimum Gasteiger partial charge on any atom is -0.471 e. The van der Waals surface area contributed by atoms with Gasteiger partial charge < -0.3 is 5.11 Å². The van der Waals surface area contributed by atoms with Gasteiger partial charge in [-0.25, -0.2) is 14.6 Å². The summed E-state index contributed by atoms with van der Waals surface area (Å²) in [4.78, 5) is 26.3. The van der Waals surface area contributed by atoms with Gasteiger partial charge in [-0.15, -0.1) is 0 Å². The van der Waals surface area contributed by atoms with E-state index in [9.17, 15) is 9.36 Å². The van der Waals surface area contributed by atoms with Gasteiger partial charge in [-0.1, -0.05) is 6.58 Å². The highest BCUT2D eigenvalue weighted by Crippen LogP contribution is 2.31. The van der Waals surface area contributed by atoms with E-state index in [4.69, 9.17) is 14.9 Å². The first kappa shape index (κ1) is 10.0. The lowest BCUT2D eigenvalue weighted by Crippen LogP contribution is -2.11. The third kappa shape index (κ3) is 4.44. The zero-order valence-electron chi connectivity index (χ0n) is 5.30. The molecule has 0 aliphatic heterocycles. The predicted molar refractivity (Wildman–Crippen MR) is 34.9 cm³/mol. The molecule has 0 bridgehead atoms. The number of aliphatic carboxylic acids is 1. The van der Waals surface area contributed by atoms with E-state index >= 15 is 0 Å². The molecule has 11 heavy (non-hydrogen) atoms. The Labute approximate surface area is 61.7 Å². The largest absolute Gasteiger partial charge is 0.763 e. The van der Waals surface area contributed by atoms with Crippen LogP contribution in [0.4, 0.5) is 0 Å². The summed E-state index contributed by atoms with van der Waals surface area (Å²) >= 11 is 0. The number of hydrogen-bond acceptors (Lipinski definition) is 2. The van der Waals surface area contributed by atoms with E-state index in [0.29, 0.717) is 6.08 Å². The number of rotatable bonds is 3. The van der Waals surface area contributed by atoms with Crippen LogP contribution in [0.1, 0.15) is 0 Å². The fraction of sp³-hybridized carbons (Fsp3) is 0. The van der Waals surface area contributed by atoms with Gasteiger partial charge in [0, 0.05) is 6.08 Å². The number of phosphoric acid groups is 1. The van der Waals surface area contributed by atoms with E-state index in [2.05, 4.69) is 10.8 Å². The second-order valence-electron chi connectivity index (χ2n) is 1.46. The highest BCUT2D eigenvalue weighted by atomic mass is 31.2. The Morgan fingerprint density at radius 1 is 1.55 bits per heavy atom. The molecule has 0 aromatic carbocycles. The molecule has 6 nitrogen and oxygen atoms in total. The summed E-state index contributed by atoms with van der Waals surface area (Å²) in [5, 5.41) is 8.16. The molecule has 7 heteroatoms. The molecular weight excluding hydrogens is 175 g/mol. The van der Waals surface area contributed by atoms with Crippen LogP contribution in [0.15, 0.2) is 12.7 Å². The SMILES string of the molecule is C=CC(=[O+]P(=O)(O)O)C(=O)O. The van der Waals surface area contributed by atoms with Crippen molar-refractivity contribution >= 4 is 19.6 Å². The van der Waals surface area contributed by atoms with Crippen LogP contribution in [0.3, 0.4) is 0 Å². The maximum Gasteiger partial charge on any atom is 0.763 e. The molecule has 62 valence electrons. The van der Waals surface area contributed by atoms with Gasteiger partial charge >= 0.3 is 19.6 Å². The summed E-state index contributed by atoms with van der Waals surface area (Å²) in [6, 6.07) is 0. The molecule has 0 amide bonds. The average Bonchev–Trinajstić information content (AvgIpc) is 1.80. The first-order valence-corrected chi connectivity index (χ1v) is 3.87. The van der Waals surface area contributed by atoms with Crippen molar-refractivity contribution in [1.82, 2.24) is 0 Å². The monoisotopic (exact) mass is 181 g/mol. The Kier molecular flexibility index (Phi) is 3.13. The molecule has 0 fully saturated rings. The Hall–Kier alpha value is -0.970. The standard InChI is InChI=1S/C4H5O6P/c1-2-3(4(5)6)10-11(7,8)9/h2H,1H2,(H2-,5,6,7,8,9)/p+1. The minimum atomic E-state index is -4.78. The van der Waals surface area contributed by atoms with Crippen molar-refractivity contribution < 1.29 is 28.5 Å². The predicted octanol–water partition coefficient (Wildman–Crippen LogP) is -0.546. The molecule has 0 aliphatic carbocycles. The number of carboxylic acid groups (broad SMARTS) is 1. The zero-order valence-corrected chi connectivity index (χ0v) is 6.19. The number of carbonyl (C=O) groups is 1. The van der Waals surface area contributed by atoms with Gasteiger partial charge in [0.25, 0.3) is 0 Å². The maximum atomic E-state index is 10.0. The average molecular weight is 181 g/mol. The van der Waals surface area contributed by atoms with Gasteiger partial charge in [0.1, 0.15) is 0 Å². The number of carboxylic acids is 1. The lowest BCUT2D eigenvalue weighted by Gasteiger charge is -1.81. The lowest BCUT2D eigenvalue weighted by atomic mass is 10.4. The molecule has 0 aromatic rings. The minimum absolute atomic E-state index is 0.696. The molecular formula is C4H6O6P+. The fourth-order valence-electron chi connectivity index (χ4n) is 0.292. The van der Waals surface area contributed by atoms with Gasteiger partial charge in [-0.2, -0.15) is 8.78 Å². The molecule has 0 saturated heterocycles. The molecule has 0 aromatic heterocycles. The van der Waals surface area contributed by atoms with Crippen molar-refractivity contribution in [2.75, 3.05) is 0 Å². The molecule has 0 spiro atoms. The fourth-order valence-corrected chi connectivity index (χ4v) is 0.701. The molecule has 0 rings (SSSR count). The van der Waals surface area contributed by atoms with Crippen molar-refractivity contribution in [3.63, 3.8) is 0 Å². The van der Waals surface area contributed by atoms with Crippen molar-refractivity contribution in [2.45, 2.75) is 0 Å². The Balaban J connectivity index is 4.78. The molecule has 0 atom stereocenters. The molecule has 3 N–H and O–H groups in total. The van der Waals surface area contributed by atoms with E-state index in [1.165, 1.54) is 0 Å². The summed E-state index contributed by atoms with van der Waals surface area (Å²) in [5.74, 6) is -2.46. The van der Waals surface area contributed by atoms with Crippen LogP contribution in [0.2, 0.25) is 0 Å². The van der Waals surface area contributed by atoms with Crippen molar-refractivity contribution in [3.8, 4) is 0 Å². The highest BCUT2D eigenvalue weighted by Gasteiger charge is 2.33. The second kappa shape index (κ2) is 3.43. The van der Waals surface area contributed by atoms with E-state index < -0.39 is 19.6 Å². The van der Waals surface area contributed by atoms with Crippen LogP contribution >= 0.6 is 7.82 Å².